The molecule has 0 spiro atoms. The molecule has 1 unspecified atom stereocenters. The van der Waals surface area contributed by atoms with E-state index < -0.39 is 0 Å². The molecule has 1 aromatic carbocycles. The minimum Gasteiger partial charge on any atom is -0.339 e. The van der Waals surface area contributed by atoms with Gasteiger partial charge in [-0.1, -0.05) is 6.58 Å². The minimum atomic E-state index is -0.275. The molecule has 3 aromatic rings. The van der Waals surface area contributed by atoms with Crippen molar-refractivity contribution in [3.05, 3.63) is 72.8 Å². The standard InChI is InChI=1S/C22H21FN4O/c1-3-22(28)27-11-8-16(14-27)19-13-24-21(15-4-6-17(23)7-5-15)12-18(19)20-9-10-26(2)25-20/h3-7,9-10,12-13,16H,1,8,11,14H2,2H3. The Morgan fingerprint density at radius 2 is 2.04 bits per heavy atom. The maximum absolute atomic E-state index is 13.3. The van der Waals surface area contributed by atoms with Crippen molar-refractivity contribution in [2.24, 2.45) is 7.05 Å². The second-order valence-corrected chi connectivity index (χ2v) is 7.01. The normalized spacial score (nSPS) is 16.4. The van der Waals surface area contributed by atoms with Crippen LogP contribution in [0.25, 0.3) is 22.5 Å². The van der Waals surface area contributed by atoms with Gasteiger partial charge < -0.3 is 4.90 Å². The monoisotopic (exact) mass is 376 g/mol. The number of pyridine rings is 1. The first-order chi connectivity index (χ1) is 13.5. The van der Waals surface area contributed by atoms with Crippen LogP contribution >= 0.6 is 0 Å². The molecule has 28 heavy (non-hydrogen) atoms. The number of amides is 1. The number of benzene rings is 1. The van der Waals surface area contributed by atoms with Crippen LogP contribution in [0.15, 0.2) is 61.4 Å². The van der Waals surface area contributed by atoms with Gasteiger partial charge in [-0.15, -0.1) is 0 Å². The van der Waals surface area contributed by atoms with Crippen LogP contribution in [0.2, 0.25) is 0 Å². The number of aryl methyl sites for hydroxylation is 1. The molecule has 0 saturated carbocycles. The Kier molecular flexibility index (Phi) is 4.77. The van der Waals surface area contributed by atoms with Crippen molar-refractivity contribution in [1.82, 2.24) is 19.7 Å². The maximum Gasteiger partial charge on any atom is 0.245 e. The van der Waals surface area contributed by atoms with Crippen LogP contribution in [0.5, 0.6) is 0 Å². The summed E-state index contributed by atoms with van der Waals surface area (Å²) >= 11 is 0. The van der Waals surface area contributed by atoms with Gasteiger partial charge in [-0.3, -0.25) is 14.5 Å². The molecule has 0 radical (unpaired) electrons. The number of hydrogen-bond acceptors (Lipinski definition) is 3. The summed E-state index contributed by atoms with van der Waals surface area (Å²) in [7, 11) is 1.88. The summed E-state index contributed by atoms with van der Waals surface area (Å²) < 4.78 is 15.0. The van der Waals surface area contributed by atoms with Crippen molar-refractivity contribution in [1.29, 1.82) is 0 Å². The second kappa shape index (κ2) is 7.38. The number of rotatable bonds is 4. The Morgan fingerprint density at radius 3 is 2.71 bits per heavy atom. The fourth-order valence-electron chi connectivity index (χ4n) is 3.69. The third kappa shape index (κ3) is 3.45. The number of halogens is 1. The van der Waals surface area contributed by atoms with Crippen LogP contribution in [0, 0.1) is 5.82 Å². The van der Waals surface area contributed by atoms with Crippen molar-refractivity contribution < 1.29 is 9.18 Å². The zero-order valence-electron chi connectivity index (χ0n) is 15.7. The molecule has 6 heteroatoms. The van der Waals surface area contributed by atoms with Crippen LogP contribution in [-0.2, 0) is 11.8 Å². The van der Waals surface area contributed by atoms with Crippen LogP contribution in [0.4, 0.5) is 4.39 Å². The maximum atomic E-state index is 13.3. The van der Waals surface area contributed by atoms with Gasteiger partial charge in [0.2, 0.25) is 5.91 Å². The largest absolute Gasteiger partial charge is 0.339 e. The predicted octanol–water partition coefficient (Wildman–Crippen LogP) is 3.79. The number of aromatic nitrogens is 3. The van der Waals surface area contributed by atoms with Gasteiger partial charge in [0.15, 0.2) is 0 Å². The molecule has 142 valence electrons. The molecule has 5 nitrogen and oxygen atoms in total. The number of nitrogens with zero attached hydrogens (tertiary/aromatic N) is 4. The second-order valence-electron chi connectivity index (χ2n) is 7.01. The highest BCUT2D eigenvalue weighted by Crippen LogP contribution is 2.36. The summed E-state index contributed by atoms with van der Waals surface area (Å²) in [5.41, 5.74) is 4.54. The fraction of sp³-hybridized carbons (Fsp3) is 0.227. The summed E-state index contributed by atoms with van der Waals surface area (Å²) in [6.45, 7) is 4.93. The van der Waals surface area contributed by atoms with E-state index in [-0.39, 0.29) is 17.6 Å². The molecule has 1 amide bonds. The zero-order chi connectivity index (χ0) is 19.7. The topological polar surface area (TPSA) is 51.0 Å². The lowest BCUT2D eigenvalue weighted by Crippen LogP contribution is -2.26. The van der Waals surface area contributed by atoms with Gasteiger partial charge in [0, 0.05) is 49.6 Å². The summed E-state index contributed by atoms with van der Waals surface area (Å²) in [4.78, 5) is 18.4. The van der Waals surface area contributed by atoms with Gasteiger partial charge in [-0.05, 0) is 54.5 Å². The Morgan fingerprint density at radius 1 is 1.25 bits per heavy atom. The molecule has 0 bridgehead atoms. The fourth-order valence-corrected chi connectivity index (χ4v) is 3.69. The van der Waals surface area contributed by atoms with Gasteiger partial charge in [0.05, 0.1) is 11.4 Å². The minimum absolute atomic E-state index is 0.0437. The Balaban J connectivity index is 1.75. The van der Waals surface area contributed by atoms with E-state index in [9.17, 15) is 9.18 Å². The molecule has 2 aromatic heterocycles. The number of carbonyl (C=O) groups is 1. The van der Waals surface area contributed by atoms with E-state index in [1.54, 1.807) is 16.8 Å². The summed E-state index contributed by atoms with van der Waals surface area (Å²) in [6.07, 6.45) is 6.00. The van der Waals surface area contributed by atoms with E-state index in [1.165, 1.54) is 18.2 Å². The van der Waals surface area contributed by atoms with E-state index in [0.717, 1.165) is 34.5 Å². The van der Waals surface area contributed by atoms with E-state index in [2.05, 4.69) is 16.7 Å². The summed E-state index contributed by atoms with van der Waals surface area (Å²) in [5, 5.41) is 4.56. The first kappa shape index (κ1) is 18.1. The molecule has 0 N–H and O–H groups in total. The van der Waals surface area contributed by atoms with E-state index in [0.29, 0.717) is 13.1 Å². The van der Waals surface area contributed by atoms with Gasteiger partial charge >= 0.3 is 0 Å². The lowest BCUT2D eigenvalue weighted by molar-refractivity contribution is -0.125. The van der Waals surface area contributed by atoms with Crippen LogP contribution in [0.3, 0.4) is 0 Å². The lowest BCUT2D eigenvalue weighted by atomic mass is 9.92. The molecule has 1 aliphatic rings. The van der Waals surface area contributed by atoms with Crippen LogP contribution < -0.4 is 0 Å². The SMILES string of the molecule is C=CC(=O)N1CCC(c2cnc(-c3ccc(F)cc3)cc2-c2ccn(C)n2)C1. The van der Waals surface area contributed by atoms with Crippen molar-refractivity contribution in [3.8, 4) is 22.5 Å². The molecule has 4 rings (SSSR count). The van der Waals surface area contributed by atoms with Crippen molar-refractivity contribution in [2.75, 3.05) is 13.1 Å². The Bertz CT molecular complexity index is 1030. The van der Waals surface area contributed by atoms with Crippen molar-refractivity contribution >= 4 is 5.91 Å². The van der Waals surface area contributed by atoms with Crippen molar-refractivity contribution in [2.45, 2.75) is 12.3 Å². The highest BCUT2D eigenvalue weighted by atomic mass is 19.1. The first-order valence-corrected chi connectivity index (χ1v) is 9.22. The molecule has 1 aliphatic heterocycles. The number of carbonyl (C=O) groups excluding carboxylic acids is 1. The highest BCUT2D eigenvalue weighted by molar-refractivity contribution is 5.87. The third-order valence-electron chi connectivity index (χ3n) is 5.18. The van der Waals surface area contributed by atoms with E-state index in [4.69, 9.17) is 0 Å². The van der Waals surface area contributed by atoms with Gasteiger partial charge in [0.25, 0.3) is 0 Å². The van der Waals surface area contributed by atoms with Crippen LogP contribution in [-0.4, -0.2) is 38.7 Å². The zero-order valence-corrected chi connectivity index (χ0v) is 15.7. The quantitative estimate of drug-likeness (QED) is 0.651. The highest BCUT2D eigenvalue weighted by Gasteiger charge is 2.28. The van der Waals surface area contributed by atoms with Gasteiger partial charge in [0.1, 0.15) is 5.82 Å². The average molecular weight is 376 g/mol. The Labute approximate surface area is 163 Å². The molecular weight excluding hydrogens is 355 g/mol. The molecule has 3 heterocycles. The predicted molar refractivity (Wildman–Crippen MR) is 106 cm³/mol. The van der Waals surface area contributed by atoms with Gasteiger partial charge in [-0.2, -0.15) is 5.10 Å². The van der Waals surface area contributed by atoms with Crippen molar-refractivity contribution in [3.63, 3.8) is 0 Å². The summed E-state index contributed by atoms with van der Waals surface area (Å²) in [6, 6.07) is 10.3. The third-order valence-corrected chi connectivity index (χ3v) is 5.18. The average Bonchev–Trinajstić information content (AvgIpc) is 3.37. The molecule has 1 atom stereocenters. The number of hydrogen-bond donors (Lipinski definition) is 0. The smallest absolute Gasteiger partial charge is 0.245 e. The Hall–Kier alpha value is -3.28. The lowest BCUT2D eigenvalue weighted by Gasteiger charge is -2.17. The number of likely N-dealkylation sites (tertiary alicyclic amines) is 1. The molecule has 1 fully saturated rings. The van der Waals surface area contributed by atoms with Gasteiger partial charge in [-0.25, -0.2) is 4.39 Å². The van der Waals surface area contributed by atoms with E-state index in [1.807, 2.05) is 36.5 Å². The van der Waals surface area contributed by atoms with E-state index >= 15 is 0 Å². The summed E-state index contributed by atoms with van der Waals surface area (Å²) in [5.74, 6) is -0.128. The molecular formula is C22H21FN4O. The molecule has 1 saturated heterocycles. The van der Waals surface area contributed by atoms with Crippen LogP contribution in [0.1, 0.15) is 17.9 Å². The first-order valence-electron chi connectivity index (χ1n) is 9.22. The molecule has 0 aliphatic carbocycles.